The molecule has 2 aromatic rings. The fourth-order valence-corrected chi connectivity index (χ4v) is 8.50. The van der Waals surface area contributed by atoms with Crippen molar-refractivity contribution in [2.45, 2.75) is 13.1 Å². The van der Waals surface area contributed by atoms with Gasteiger partial charge in [0.15, 0.2) is 0 Å². The maximum absolute atomic E-state index is 6.77. The molecule has 2 atom stereocenters. The van der Waals surface area contributed by atoms with Crippen LogP contribution in [0.1, 0.15) is 0 Å². The van der Waals surface area contributed by atoms with Gasteiger partial charge in [0.05, 0.1) is 0 Å². The second kappa shape index (κ2) is 6.31. The molecule has 20 heavy (non-hydrogen) atoms. The van der Waals surface area contributed by atoms with E-state index in [0.717, 1.165) is 0 Å². The van der Waals surface area contributed by atoms with Crippen LogP contribution in [0, 0.1) is 0 Å². The number of hydrogen-bond acceptors (Lipinski definition) is 0. The molecule has 0 aliphatic heterocycles. The second-order valence-electron chi connectivity index (χ2n) is 5.22. The molecule has 2 rings (SSSR count). The minimum atomic E-state index is -2.08. The summed E-state index contributed by atoms with van der Waals surface area (Å²) < 4.78 is 0. The fourth-order valence-electron chi connectivity index (χ4n) is 2.03. The SMILES string of the molecule is C[Si](Cl)(C=C[Si](C)(Cl)c1ccccc1)c1ccccc1. The highest BCUT2D eigenvalue weighted by Crippen LogP contribution is 2.16. The molecule has 4 heteroatoms. The molecule has 0 saturated heterocycles. The third kappa shape index (κ3) is 3.86. The lowest BCUT2D eigenvalue weighted by molar-refractivity contribution is 1.74. The lowest BCUT2D eigenvalue weighted by Crippen LogP contribution is -2.41. The molecule has 0 amide bonds. The Bertz CT molecular complexity index is 524. The summed E-state index contributed by atoms with van der Waals surface area (Å²) in [4.78, 5) is 0. The van der Waals surface area contributed by atoms with Gasteiger partial charge >= 0.3 is 0 Å². The van der Waals surface area contributed by atoms with Gasteiger partial charge in [-0.05, 0) is 23.5 Å². The first-order valence-corrected chi connectivity index (χ1v) is 13.8. The van der Waals surface area contributed by atoms with Crippen LogP contribution in [0.3, 0.4) is 0 Å². The van der Waals surface area contributed by atoms with E-state index in [1.54, 1.807) is 0 Å². The number of halogens is 2. The summed E-state index contributed by atoms with van der Waals surface area (Å²) in [6.45, 7) is 4.26. The Morgan fingerprint density at radius 2 is 0.950 bits per heavy atom. The van der Waals surface area contributed by atoms with Crippen molar-refractivity contribution in [3.05, 3.63) is 72.1 Å². The topological polar surface area (TPSA) is 0 Å². The lowest BCUT2D eigenvalue weighted by Gasteiger charge is -2.19. The molecule has 2 unspecified atom stereocenters. The Morgan fingerprint density at radius 3 is 1.25 bits per heavy atom. The largest absolute Gasteiger partial charge is 0.206 e. The molecule has 0 aliphatic carbocycles. The zero-order chi connectivity index (χ0) is 14.6. The van der Waals surface area contributed by atoms with E-state index in [9.17, 15) is 0 Å². The van der Waals surface area contributed by atoms with Crippen LogP contribution in [-0.2, 0) is 0 Å². The summed E-state index contributed by atoms with van der Waals surface area (Å²) in [5.41, 5.74) is 4.33. The van der Waals surface area contributed by atoms with Crippen molar-refractivity contribution in [3.63, 3.8) is 0 Å². The van der Waals surface area contributed by atoms with Gasteiger partial charge in [-0.25, -0.2) is 0 Å². The third-order valence-electron chi connectivity index (χ3n) is 3.39. The van der Waals surface area contributed by atoms with Crippen LogP contribution in [0.25, 0.3) is 0 Å². The highest BCUT2D eigenvalue weighted by Gasteiger charge is 2.28. The molecule has 0 fully saturated rings. The molecular formula is C16H18Cl2Si2. The summed E-state index contributed by atoms with van der Waals surface area (Å²) in [6, 6.07) is 20.5. The van der Waals surface area contributed by atoms with Gasteiger partial charge in [-0.2, -0.15) is 22.2 Å². The van der Waals surface area contributed by atoms with Gasteiger partial charge < -0.3 is 0 Å². The summed E-state index contributed by atoms with van der Waals surface area (Å²) in [7, 11) is -4.16. The van der Waals surface area contributed by atoms with Crippen molar-refractivity contribution in [1.82, 2.24) is 0 Å². The van der Waals surface area contributed by atoms with E-state index in [1.165, 1.54) is 10.4 Å². The maximum Gasteiger partial charge on any atom is 0.206 e. The summed E-state index contributed by atoms with van der Waals surface area (Å²) in [6.07, 6.45) is 0. The van der Waals surface area contributed by atoms with Crippen molar-refractivity contribution in [2.75, 3.05) is 0 Å². The monoisotopic (exact) mass is 336 g/mol. The minimum Gasteiger partial charge on any atom is -0.156 e. The zero-order valence-electron chi connectivity index (χ0n) is 11.7. The zero-order valence-corrected chi connectivity index (χ0v) is 15.2. The number of rotatable bonds is 4. The molecule has 104 valence electrons. The van der Waals surface area contributed by atoms with E-state index in [0.29, 0.717) is 0 Å². The van der Waals surface area contributed by atoms with Gasteiger partial charge in [-0.15, -0.1) is 0 Å². The molecule has 0 aromatic heterocycles. The van der Waals surface area contributed by atoms with Crippen molar-refractivity contribution in [2.24, 2.45) is 0 Å². The van der Waals surface area contributed by atoms with Gasteiger partial charge in [0, 0.05) is 0 Å². The molecule has 0 spiro atoms. The van der Waals surface area contributed by atoms with Gasteiger partial charge in [0.2, 0.25) is 14.8 Å². The van der Waals surface area contributed by atoms with E-state index in [2.05, 4.69) is 48.8 Å². The predicted octanol–water partition coefficient (Wildman–Crippen LogP) is 4.06. The molecule has 0 nitrogen and oxygen atoms in total. The fraction of sp³-hybridized carbons (Fsp3) is 0.125. The molecule has 0 N–H and O–H groups in total. The Kier molecular flexibility index (Phi) is 4.92. The van der Waals surface area contributed by atoms with Crippen LogP contribution < -0.4 is 10.4 Å². The van der Waals surface area contributed by atoms with E-state index < -0.39 is 14.8 Å². The molecule has 0 saturated carbocycles. The molecule has 2 aromatic carbocycles. The van der Waals surface area contributed by atoms with Crippen LogP contribution in [-0.4, -0.2) is 14.8 Å². The predicted molar refractivity (Wildman–Crippen MR) is 96.2 cm³/mol. The molecular weight excluding hydrogens is 319 g/mol. The van der Waals surface area contributed by atoms with E-state index in [1.807, 2.05) is 36.4 Å². The summed E-state index contributed by atoms with van der Waals surface area (Å²) in [5.74, 6) is 0. The van der Waals surface area contributed by atoms with Crippen molar-refractivity contribution in [3.8, 4) is 0 Å². The lowest BCUT2D eigenvalue weighted by atomic mass is 10.4. The van der Waals surface area contributed by atoms with E-state index >= 15 is 0 Å². The minimum absolute atomic E-state index is 1.22. The smallest absolute Gasteiger partial charge is 0.156 e. The Morgan fingerprint density at radius 1 is 0.650 bits per heavy atom. The molecule has 0 aliphatic rings. The van der Waals surface area contributed by atoms with Crippen LogP contribution in [0.15, 0.2) is 72.1 Å². The third-order valence-corrected chi connectivity index (χ3v) is 10.3. The normalized spacial score (nSPS) is 17.6. The first kappa shape index (κ1) is 15.6. The highest BCUT2D eigenvalue weighted by atomic mass is 35.6. The van der Waals surface area contributed by atoms with E-state index in [-0.39, 0.29) is 0 Å². The van der Waals surface area contributed by atoms with Gasteiger partial charge in [0.1, 0.15) is 0 Å². The maximum atomic E-state index is 6.77. The van der Waals surface area contributed by atoms with Gasteiger partial charge in [0.25, 0.3) is 0 Å². The second-order valence-corrected chi connectivity index (χ2v) is 16.1. The van der Waals surface area contributed by atoms with Crippen LogP contribution in [0.5, 0.6) is 0 Å². The summed E-state index contributed by atoms with van der Waals surface area (Å²) in [5, 5.41) is 2.43. The standard InChI is InChI=1S/C16H18Cl2Si2/c1-19(17,15-9-5-3-6-10-15)13-14-20(2,18)16-11-7-4-8-12-16/h3-14H,1-2H3. The first-order chi connectivity index (χ1) is 9.42. The van der Waals surface area contributed by atoms with E-state index in [4.69, 9.17) is 22.2 Å². The Labute approximate surface area is 132 Å². The van der Waals surface area contributed by atoms with Crippen LogP contribution >= 0.6 is 22.2 Å². The van der Waals surface area contributed by atoms with Crippen molar-refractivity contribution >= 4 is 47.3 Å². The highest BCUT2D eigenvalue weighted by molar-refractivity contribution is 7.32. The number of benzene rings is 2. The first-order valence-electron chi connectivity index (χ1n) is 6.61. The Balaban J connectivity index is 2.24. The van der Waals surface area contributed by atoms with Crippen molar-refractivity contribution in [1.29, 1.82) is 0 Å². The van der Waals surface area contributed by atoms with Crippen LogP contribution in [0.4, 0.5) is 0 Å². The molecule has 0 radical (unpaired) electrons. The molecule has 0 heterocycles. The summed E-state index contributed by atoms with van der Waals surface area (Å²) >= 11 is 13.5. The van der Waals surface area contributed by atoms with Crippen molar-refractivity contribution < 1.29 is 0 Å². The average molecular weight is 337 g/mol. The molecule has 0 bridgehead atoms. The Hall–Kier alpha value is -0.806. The average Bonchev–Trinajstić information content (AvgIpc) is 2.47. The number of hydrogen-bond donors (Lipinski definition) is 0. The quantitative estimate of drug-likeness (QED) is 0.583. The van der Waals surface area contributed by atoms with Gasteiger partial charge in [-0.3, -0.25) is 0 Å². The van der Waals surface area contributed by atoms with Gasteiger partial charge in [-0.1, -0.05) is 72.1 Å². The van der Waals surface area contributed by atoms with Crippen LogP contribution in [0.2, 0.25) is 13.1 Å².